The maximum atomic E-state index is 12.7. The van der Waals surface area contributed by atoms with Crippen LogP contribution >= 0.6 is 0 Å². The molecule has 1 nitrogen and oxygen atoms in total. The van der Waals surface area contributed by atoms with Crippen LogP contribution < -0.4 is 0 Å². The van der Waals surface area contributed by atoms with Gasteiger partial charge in [0, 0.05) is 12.0 Å². The van der Waals surface area contributed by atoms with Crippen molar-refractivity contribution in [2.75, 3.05) is 0 Å². The van der Waals surface area contributed by atoms with E-state index in [-0.39, 0.29) is 0 Å². The number of hydrogen-bond acceptors (Lipinski definition) is 1. The number of Topliss-reactive ketones (excluding diaryl/α,β-unsaturated/α-hetero) is 1. The first-order chi connectivity index (χ1) is 10.2. The Morgan fingerprint density at radius 3 is 2.00 bits per heavy atom. The average molecular weight is 282 g/mol. The third-order valence-corrected chi connectivity index (χ3v) is 6.38. The zero-order valence-electron chi connectivity index (χ0n) is 13.1. The van der Waals surface area contributed by atoms with Crippen molar-refractivity contribution in [2.45, 2.75) is 58.3 Å². The Kier molecular flexibility index (Phi) is 3.20. The fourth-order valence-electron chi connectivity index (χ4n) is 5.88. The third-order valence-electron chi connectivity index (χ3n) is 6.38. The molecule has 4 saturated carbocycles. The van der Waals surface area contributed by atoms with Crippen molar-refractivity contribution in [3.8, 4) is 0 Å². The number of rotatable bonds is 4. The van der Waals surface area contributed by atoms with Gasteiger partial charge >= 0.3 is 0 Å². The van der Waals surface area contributed by atoms with Crippen LogP contribution in [0, 0.1) is 23.2 Å². The summed E-state index contributed by atoms with van der Waals surface area (Å²) >= 11 is 0. The number of ketones is 1. The molecule has 0 aromatic heterocycles. The summed E-state index contributed by atoms with van der Waals surface area (Å²) in [7, 11) is 0. The fraction of sp³-hybridized carbons (Fsp3) is 0.650. The van der Waals surface area contributed by atoms with E-state index in [0.717, 1.165) is 36.2 Å². The van der Waals surface area contributed by atoms with Gasteiger partial charge in [-0.15, -0.1) is 0 Å². The number of carbonyl (C=O) groups excluding carboxylic acids is 1. The van der Waals surface area contributed by atoms with Gasteiger partial charge in [0.15, 0.2) is 5.78 Å². The van der Waals surface area contributed by atoms with Gasteiger partial charge in [-0.25, -0.2) is 0 Å². The predicted molar refractivity (Wildman–Crippen MR) is 85.4 cm³/mol. The van der Waals surface area contributed by atoms with Gasteiger partial charge < -0.3 is 0 Å². The molecule has 4 aliphatic rings. The summed E-state index contributed by atoms with van der Waals surface area (Å²) in [5, 5.41) is 0. The predicted octanol–water partition coefficient (Wildman–Crippen LogP) is 5.04. The van der Waals surface area contributed by atoms with Gasteiger partial charge in [-0.1, -0.05) is 31.2 Å². The molecule has 0 amide bonds. The molecule has 0 radical (unpaired) electrons. The molecule has 4 fully saturated rings. The molecular weight excluding hydrogens is 256 g/mol. The summed E-state index contributed by atoms with van der Waals surface area (Å²) < 4.78 is 0. The van der Waals surface area contributed by atoms with Crippen LogP contribution in [-0.2, 0) is 6.42 Å². The van der Waals surface area contributed by atoms with E-state index in [4.69, 9.17) is 0 Å². The lowest BCUT2D eigenvalue weighted by Gasteiger charge is -2.56. The topological polar surface area (TPSA) is 17.1 Å². The largest absolute Gasteiger partial charge is 0.294 e. The molecule has 0 atom stereocenters. The summed E-state index contributed by atoms with van der Waals surface area (Å²) in [6, 6.07) is 8.32. The molecule has 5 rings (SSSR count). The van der Waals surface area contributed by atoms with Crippen molar-refractivity contribution in [2.24, 2.45) is 23.2 Å². The van der Waals surface area contributed by atoms with Crippen molar-refractivity contribution in [1.29, 1.82) is 0 Å². The van der Waals surface area contributed by atoms with Gasteiger partial charge in [0.2, 0.25) is 0 Å². The highest BCUT2D eigenvalue weighted by Crippen LogP contribution is 2.61. The first-order valence-electron chi connectivity index (χ1n) is 8.78. The Bertz CT molecular complexity index is 504. The van der Waals surface area contributed by atoms with Crippen LogP contribution in [0.1, 0.15) is 67.8 Å². The van der Waals surface area contributed by atoms with E-state index < -0.39 is 0 Å². The van der Waals surface area contributed by atoms with E-state index in [0.29, 0.717) is 11.2 Å². The highest BCUT2D eigenvalue weighted by molar-refractivity contribution is 5.96. The van der Waals surface area contributed by atoms with Crippen LogP contribution in [0.4, 0.5) is 0 Å². The molecule has 4 bridgehead atoms. The lowest BCUT2D eigenvalue weighted by molar-refractivity contribution is -0.0524. The quantitative estimate of drug-likeness (QED) is 0.707. The molecule has 0 saturated heterocycles. The first-order valence-corrected chi connectivity index (χ1v) is 8.78. The lowest BCUT2D eigenvalue weighted by atomic mass is 9.48. The SMILES string of the molecule is CCc1ccc(C(=O)CC23CC4CC(CC(C4)C2)C3)cc1. The smallest absolute Gasteiger partial charge is 0.163 e. The summed E-state index contributed by atoms with van der Waals surface area (Å²) in [6.45, 7) is 2.16. The normalized spacial score (nSPS) is 36.9. The Hall–Kier alpha value is -1.11. The van der Waals surface area contributed by atoms with Crippen LogP contribution in [-0.4, -0.2) is 5.78 Å². The molecule has 0 spiro atoms. The average Bonchev–Trinajstić information content (AvgIpc) is 2.45. The van der Waals surface area contributed by atoms with E-state index in [1.807, 2.05) is 12.1 Å². The molecule has 0 N–H and O–H groups in total. The van der Waals surface area contributed by atoms with E-state index in [9.17, 15) is 4.79 Å². The van der Waals surface area contributed by atoms with Gasteiger partial charge in [-0.2, -0.15) is 0 Å². The molecule has 112 valence electrons. The molecule has 1 aromatic rings. The second kappa shape index (κ2) is 4.97. The summed E-state index contributed by atoms with van der Waals surface area (Å²) in [4.78, 5) is 12.7. The molecule has 1 heteroatoms. The van der Waals surface area contributed by atoms with Crippen LogP contribution in [0.2, 0.25) is 0 Å². The number of aryl methyl sites for hydroxylation is 1. The van der Waals surface area contributed by atoms with Crippen molar-refractivity contribution in [3.05, 3.63) is 35.4 Å². The van der Waals surface area contributed by atoms with Gasteiger partial charge in [-0.3, -0.25) is 4.79 Å². The highest BCUT2D eigenvalue weighted by Gasteiger charge is 2.51. The van der Waals surface area contributed by atoms with Crippen molar-refractivity contribution < 1.29 is 4.79 Å². The minimum atomic E-state index is 0.370. The fourth-order valence-corrected chi connectivity index (χ4v) is 5.88. The zero-order chi connectivity index (χ0) is 14.4. The van der Waals surface area contributed by atoms with Crippen LogP contribution in [0.5, 0.6) is 0 Å². The highest BCUT2D eigenvalue weighted by atomic mass is 16.1. The van der Waals surface area contributed by atoms with Crippen molar-refractivity contribution >= 4 is 5.78 Å². The maximum Gasteiger partial charge on any atom is 0.163 e. The number of hydrogen-bond donors (Lipinski definition) is 0. The van der Waals surface area contributed by atoms with E-state index in [1.54, 1.807) is 0 Å². The first kappa shape index (κ1) is 13.5. The van der Waals surface area contributed by atoms with Gasteiger partial charge in [-0.05, 0) is 73.7 Å². The summed E-state index contributed by atoms with van der Waals surface area (Å²) in [5.74, 6) is 3.20. The van der Waals surface area contributed by atoms with Gasteiger partial charge in [0.05, 0.1) is 0 Å². The zero-order valence-corrected chi connectivity index (χ0v) is 13.1. The molecule has 21 heavy (non-hydrogen) atoms. The second-order valence-electron chi connectivity index (χ2n) is 8.07. The minimum absolute atomic E-state index is 0.370. The third kappa shape index (κ3) is 2.45. The molecule has 0 unspecified atom stereocenters. The van der Waals surface area contributed by atoms with Crippen LogP contribution in [0.25, 0.3) is 0 Å². The lowest BCUT2D eigenvalue weighted by Crippen LogP contribution is -2.46. The number of benzene rings is 1. The number of carbonyl (C=O) groups is 1. The molecule has 4 aliphatic carbocycles. The van der Waals surface area contributed by atoms with Gasteiger partial charge in [0.1, 0.15) is 0 Å². The Labute approximate surface area is 128 Å². The van der Waals surface area contributed by atoms with Crippen LogP contribution in [0.3, 0.4) is 0 Å². The molecule has 0 heterocycles. The van der Waals surface area contributed by atoms with E-state index in [1.165, 1.54) is 44.1 Å². The Morgan fingerprint density at radius 1 is 1.00 bits per heavy atom. The minimum Gasteiger partial charge on any atom is -0.294 e. The van der Waals surface area contributed by atoms with Crippen molar-refractivity contribution in [3.63, 3.8) is 0 Å². The van der Waals surface area contributed by atoms with Crippen LogP contribution in [0.15, 0.2) is 24.3 Å². The Morgan fingerprint density at radius 2 is 1.52 bits per heavy atom. The Balaban J connectivity index is 1.51. The van der Waals surface area contributed by atoms with Crippen molar-refractivity contribution in [1.82, 2.24) is 0 Å². The molecule has 1 aromatic carbocycles. The van der Waals surface area contributed by atoms with E-state index >= 15 is 0 Å². The monoisotopic (exact) mass is 282 g/mol. The summed E-state index contributed by atoms with van der Waals surface area (Å²) in [5.41, 5.74) is 2.62. The second-order valence-corrected chi connectivity index (χ2v) is 8.07. The van der Waals surface area contributed by atoms with E-state index in [2.05, 4.69) is 19.1 Å². The summed E-state index contributed by atoms with van der Waals surface area (Å²) in [6.07, 6.45) is 10.2. The maximum absolute atomic E-state index is 12.7. The molecular formula is C20H26O. The standard InChI is InChI=1S/C20H26O/c1-2-14-3-5-18(6-4-14)19(21)13-20-10-15-7-16(11-20)9-17(8-15)12-20/h3-6,15-17H,2,7-13H2,1H3. The van der Waals surface area contributed by atoms with Gasteiger partial charge in [0.25, 0.3) is 0 Å². The molecule has 0 aliphatic heterocycles.